The molecule has 1 fully saturated rings. The summed E-state index contributed by atoms with van der Waals surface area (Å²) in [5, 5.41) is 3.02. The molecule has 0 bridgehead atoms. The van der Waals surface area contributed by atoms with E-state index in [2.05, 4.69) is 10.2 Å². The number of nitrogens with one attached hydrogen (secondary N) is 1. The molecule has 2 aromatic carbocycles. The molecule has 138 valence electrons. The predicted octanol–water partition coefficient (Wildman–Crippen LogP) is 3.99. The molecule has 0 aliphatic carbocycles. The molecule has 1 amide bonds. The Bertz CT molecular complexity index is 753. The van der Waals surface area contributed by atoms with Crippen LogP contribution < -0.4 is 10.1 Å². The monoisotopic (exact) mass is 356 g/mol. The van der Waals surface area contributed by atoms with Gasteiger partial charge in [-0.2, -0.15) is 0 Å². The van der Waals surface area contributed by atoms with Crippen LogP contribution in [-0.2, 0) is 11.3 Å². The molecule has 0 spiro atoms. The van der Waals surface area contributed by atoms with Crippen molar-refractivity contribution in [2.24, 2.45) is 5.92 Å². The van der Waals surface area contributed by atoms with E-state index in [1.807, 2.05) is 37.3 Å². The number of likely N-dealkylation sites (tertiary alicyclic amines) is 1. The van der Waals surface area contributed by atoms with Crippen LogP contribution in [0.5, 0.6) is 5.75 Å². The van der Waals surface area contributed by atoms with E-state index >= 15 is 0 Å². The van der Waals surface area contributed by atoms with Crippen LogP contribution in [0, 0.1) is 18.7 Å². The van der Waals surface area contributed by atoms with Gasteiger partial charge in [0.05, 0.1) is 12.8 Å². The first-order valence-corrected chi connectivity index (χ1v) is 8.97. The Morgan fingerprint density at radius 3 is 2.54 bits per heavy atom. The number of aryl methyl sites for hydroxylation is 1. The second-order valence-corrected chi connectivity index (χ2v) is 6.87. The zero-order valence-electron chi connectivity index (χ0n) is 15.3. The second kappa shape index (κ2) is 8.32. The number of anilines is 1. The van der Waals surface area contributed by atoms with Crippen LogP contribution in [-0.4, -0.2) is 31.0 Å². The lowest BCUT2D eigenvalue weighted by Gasteiger charge is -2.31. The fourth-order valence-electron chi connectivity index (χ4n) is 3.36. The van der Waals surface area contributed by atoms with E-state index in [4.69, 9.17) is 4.74 Å². The summed E-state index contributed by atoms with van der Waals surface area (Å²) in [4.78, 5) is 14.9. The van der Waals surface area contributed by atoms with Crippen molar-refractivity contribution >= 4 is 11.6 Å². The molecular weight excluding hydrogens is 331 g/mol. The van der Waals surface area contributed by atoms with Crippen LogP contribution >= 0.6 is 0 Å². The number of amides is 1. The van der Waals surface area contributed by atoms with Gasteiger partial charge in [-0.05, 0) is 68.2 Å². The maximum atomic E-state index is 13.0. The van der Waals surface area contributed by atoms with Gasteiger partial charge in [-0.3, -0.25) is 9.69 Å². The minimum absolute atomic E-state index is 0.00434. The van der Waals surface area contributed by atoms with Gasteiger partial charge in [0, 0.05) is 12.5 Å². The predicted molar refractivity (Wildman–Crippen MR) is 101 cm³/mol. The van der Waals surface area contributed by atoms with Gasteiger partial charge >= 0.3 is 0 Å². The molecule has 1 aliphatic heterocycles. The van der Waals surface area contributed by atoms with Crippen molar-refractivity contribution in [3.8, 4) is 5.75 Å². The van der Waals surface area contributed by atoms with Gasteiger partial charge in [-0.1, -0.05) is 18.2 Å². The first kappa shape index (κ1) is 18.4. The third kappa shape index (κ3) is 4.61. The highest BCUT2D eigenvalue weighted by Crippen LogP contribution is 2.27. The molecule has 0 saturated carbocycles. The van der Waals surface area contributed by atoms with E-state index < -0.39 is 0 Å². The Kier molecular flexibility index (Phi) is 5.89. The first-order valence-electron chi connectivity index (χ1n) is 8.97. The number of rotatable bonds is 5. The second-order valence-electron chi connectivity index (χ2n) is 6.87. The summed E-state index contributed by atoms with van der Waals surface area (Å²) in [6.45, 7) is 4.50. The van der Waals surface area contributed by atoms with E-state index in [0.717, 1.165) is 49.3 Å². The van der Waals surface area contributed by atoms with Gasteiger partial charge in [0.1, 0.15) is 11.6 Å². The van der Waals surface area contributed by atoms with Gasteiger partial charge in [0.15, 0.2) is 0 Å². The number of carbonyl (C=O) groups excluding carboxylic acids is 1. The molecule has 4 nitrogen and oxygen atoms in total. The topological polar surface area (TPSA) is 41.6 Å². The zero-order chi connectivity index (χ0) is 18.5. The van der Waals surface area contributed by atoms with Crippen molar-refractivity contribution in [3.63, 3.8) is 0 Å². The van der Waals surface area contributed by atoms with Crippen molar-refractivity contribution < 1.29 is 13.9 Å². The fourth-order valence-corrected chi connectivity index (χ4v) is 3.36. The number of carbonyl (C=O) groups is 1. The molecule has 0 unspecified atom stereocenters. The molecule has 0 radical (unpaired) electrons. The number of piperidine rings is 1. The van der Waals surface area contributed by atoms with Crippen molar-refractivity contribution in [2.45, 2.75) is 26.3 Å². The largest absolute Gasteiger partial charge is 0.495 e. The standard InChI is InChI=1S/C21H25FN2O2/c1-15-3-8-20(26-2)19(13-15)23-21(25)17-9-11-24(12-10-17)14-16-4-6-18(22)7-5-16/h3-8,13,17H,9-12,14H2,1-2H3,(H,23,25). The molecule has 1 saturated heterocycles. The number of benzene rings is 2. The van der Waals surface area contributed by atoms with E-state index in [1.54, 1.807) is 7.11 Å². The number of methoxy groups -OCH3 is 1. The van der Waals surface area contributed by atoms with E-state index in [1.165, 1.54) is 12.1 Å². The smallest absolute Gasteiger partial charge is 0.227 e. The summed E-state index contributed by atoms with van der Waals surface area (Å²) in [5.74, 6) is 0.522. The molecular formula is C21H25FN2O2. The normalized spacial score (nSPS) is 15.7. The van der Waals surface area contributed by atoms with Crippen molar-refractivity contribution in [2.75, 3.05) is 25.5 Å². The average Bonchev–Trinajstić information content (AvgIpc) is 2.64. The van der Waals surface area contributed by atoms with Crippen LogP contribution in [0.1, 0.15) is 24.0 Å². The Morgan fingerprint density at radius 1 is 1.19 bits per heavy atom. The van der Waals surface area contributed by atoms with Crippen LogP contribution in [0.4, 0.5) is 10.1 Å². The van der Waals surface area contributed by atoms with Gasteiger partial charge in [0.25, 0.3) is 0 Å². The molecule has 5 heteroatoms. The summed E-state index contributed by atoms with van der Waals surface area (Å²) < 4.78 is 18.3. The van der Waals surface area contributed by atoms with Gasteiger partial charge in [-0.15, -0.1) is 0 Å². The lowest BCUT2D eigenvalue weighted by Crippen LogP contribution is -2.37. The molecule has 1 aliphatic rings. The zero-order valence-corrected chi connectivity index (χ0v) is 15.3. The third-order valence-electron chi connectivity index (χ3n) is 4.89. The molecule has 26 heavy (non-hydrogen) atoms. The summed E-state index contributed by atoms with van der Waals surface area (Å²) in [5.41, 5.74) is 2.90. The Balaban J connectivity index is 1.53. The Morgan fingerprint density at radius 2 is 1.88 bits per heavy atom. The van der Waals surface area contributed by atoms with Crippen molar-refractivity contribution in [1.82, 2.24) is 4.90 Å². The van der Waals surface area contributed by atoms with Crippen LogP contribution in [0.25, 0.3) is 0 Å². The minimum atomic E-state index is -0.212. The Hall–Kier alpha value is -2.40. The number of hydrogen-bond donors (Lipinski definition) is 1. The quantitative estimate of drug-likeness (QED) is 0.881. The summed E-state index contributed by atoms with van der Waals surface area (Å²) in [7, 11) is 1.61. The molecule has 1 heterocycles. The van der Waals surface area contributed by atoms with Crippen LogP contribution in [0.3, 0.4) is 0 Å². The highest BCUT2D eigenvalue weighted by atomic mass is 19.1. The van der Waals surface area contributed by atoms with Crippen LogP contribution in [0.2, 0.25) is 0 Å². The number of ether oxygens (including phenoxy) is 1. The van der Waals surface area contributed by atoms with Gasteiger partial charge in [0.2, 0.25) is 5.91 Å². The maximum Gasteiger partial charge on any atom is 0.227 e. The van der Waals surface area contributed by atoms with E-state index in [9.17, 15) is 9.18 Å². The van der Waals surface area contributed by atoms with Gasteiger partial charge < -0.3 is 10.1 Å². The number of halogens is 1. The highest BCUT2D eigenvalue weighted by molar-refractivity contribution is 5.94. The number of nitrogens with zero attached hydrogens (tertiary/aromatic N) is 1. The van der Waals surface area contributed by atoms with Crippen molar-refractivity contribution in [1.29, 1.82) is 0 Å². The maximum absolute atomic E-state index is 13.0. The SMILES string of the molecule is COc1ccc(C)cc1NC(=O)C1CCN(Cc2ccc(F)cc2)CC1. The molecule has 0 atom stereocenters. The fraction of sp³-hybridized carbons (Fsp3) is 0.381. The van der Waals surface area contributed by atoms with Crippen LogP contribution in [0.15, 0.2) is 42.5 Å². The van der Waals surface area contributed by atoms with Gasteiger partial charge in [-0.25, -0.2) is 4.39 Å². The van der Waals surface area contributed by atoms with E-state index in [-0.39, 0.29) is 17.6 Å². The summed E-state index contributed by atoms with van der Waals surface area (Å²) in [6.07, 6.45) is 1.64. The molecule has 3 rings (SSSR count). The highest BCUT2D eigenvalue weighted by Gasteiger charge is 2.25. The summed E-state index contributed by atoms with van der Waals surface area (Å²) >= 11 is 0. The average molecular weight is 356 g/mol. The first-order chi connectivity index (χ1) is 12.5. The minimum Gasteiger partial charge on any atom is -0.495 e. The lowest BCUT2D eigenvalue weighted by molar-refractivity contribution is -0.121. The van der Waals surface area contributed by atoms with Crippen molar-refractivity contribution in [3.05, 3.63) is 59.4 Å². The molecule has 2 aromatic rings. The third-order valence-corrected chi connectivity index (χ3v) is 4.89. The lowest BCUT2D eigenvalue weighted by atomic mass is 9.95. The van der Waals surface area contributed by atoms with E-state index in [0.29, 0.717) is 5.75 Å². The summed E-state index contributed by atoms with van der Waals surface area (Å²) in [6, 6.07) is 12.4. The number of hydrogen-bond acceptors (Lipinski definition) is 3. The molecule has 1 N–H and O–H groups in total. The molecule has 0 aromatic heterocycles. The Labute approximate surface area is 154 Å².